The third-order valence-corrected chi connectivity index (χ3v) is 9.89. The van der Waals surface area contributed by atoms with E-state index in [2.05, 4.69) is 38.0 Å². The quantitative estimate of drug-likeness (QED) is 0.386. The summed E-state index contributed by atoms with van der Waals surface area (Å²) in [6.07, 6.45) is 5.66. The summed E-state index contributed by atoms with van der Waals surface area (Å²) in [4.78, 5) is 16.4. The van der Waals surface area contributed by atoms with Crippen LogP contribution in [0.5, 0.6) is 0 Å². The molecule has 0 radical (unpaired) electrons. The maximum Gasteiger partial charge on any atom is 0.279 e. The number of fused-ring (bicyclic) bond motifs is 3. The van der Waals surface area contributed by atoms with Crippen molar-refractivity contribution in [2.45, 2.75) is 32.0 Å². The van der Waals surface area contributed by atoms with E-state index in [1.807, 2.05) is 12.4 Å². The number of rotatable bonds is 7. The SMILES string of the molecule is CN1Cc2nc(-c3cnc4[nH]ccc4c3NC3C[C@@H]4CN(S(=O)(=O)NCCO)C[C@@H]4C3)sc2C1. The second-order valence-corrected chi connectivity index (χ2v) is 12.5. The number of aromatic nitrogens is 3. The number of hydrogen-bond donors (Lipinski definition) is 4. The minimum Gasteiger partial charge on any atom is -0.395 e. The van der Waals surface area contributed by atoms with E-state index in [0.29, 0.717) is 24.9 Å². The molecule has 0 bridgehead atoms. The monoisotopic (exact) mass is 503 g/mol. The van der Waals surface area contributed by atoms with Crippen molar-refractivity contribution in [2.24, 2.45) is 11.8 Å². The Morgan fingerprint density at radius 3 is 2.79 bits per heavy atom. The Hall–Kier alpha value is -2.09. The molecule has 1 aliphatic carbocycles. The average Bonchev–Trinajstić information content (AvgIpc) is 3.57. The molecular formula is C22H29N7O3S2. The number of hydrogen-bond acceptors (Lipinski definition) is 8. The van der Waals surface area contributed by atoms with Gasteiger partial charge in [0, 0.05) is 61.4 Å². The van der Waals surface area contributed by atoms with Gasteiger partial charge in [0.05, 0.1) is 23.6 Å². The van der Waals surface area contributed by atoms with Gasteiger partial charge in [-0.15, -0.1) is 11.3 Å². The lowest BCUT2D eigenvalue weighted by molar-refractivity contribution is 0.299. The molecule has 1 saturated heterocycles. The van der Waals surface area contributed by atoms with Crippen LogP contribution in [0.25, 0.3) is 21.6 Å². The van der Waals surface area contributed by atoms with E-state index in [-0.39, 0.29) is 19.2 Å². The molecular weight excluding hydrogens is 474 g/mol. The van der Waals surface area contributed by atoms with E-state index >= 15 is 0 Å². The molecule has 182 valence electrons. The standard InChI is InChI=1S/C22H29N7O3S2/c1-28-11-18-19(12-28)33-22(27-18)17-8-24-21-16(2-3-23-21)20(17)26-15-6-13-9-29(10-14(13)7-15)34(31,32)25-4-5-30/h2-3,8,13-15,25,30H,4-7,9-12H2,1H3,(H2,23,24,26)/t13-,14+,15?. The van der Waals surface area contributed by atoms with Crippen molar-refractivity contribution in [2.75, 3.05) is 38.6 Å². The summed E-state index contributed by atoms with van der Waals surface area (Å²) in [6.45, 7) is 2.72. The lowest BCUT2D eigenvalue weighted by Crippen LogP contribution is -2.41. The Morgan fingerprint density at radius 1 is 1.26 bits per heavy atom. The van der Waals surface area contributed by atoms with Gasteiger partial charge in [-0.2, -0.15) is 17.4 Å². The number of nitrogens with one attached hydrogen (secondary N) is 3. The van der Waals surface area contributed by atoms with Crippen molar-refractivity contribution < 1.29 is 13.5 Å². The van der Waals surface area contributed by atoms with Gasteiger partial charge in [-0.25, -0.2) is 9.97 Å². The van der Waals surface area contributed by atoms with E-state index in [4.69, 9.17) is 10.1 Å². The van der Waals surface area contributed by atoms with Gasteiger partial charge in [0.15, 0.2) is 0 Å². The number of nitrogens with zero attached hydrogens (tertiary/aromatic N) is 4. The third-order valence-electron chi connectivity index (χ3n) is 7.23. The molecule has 3 atom stereocenters. The topological polar surface area (TPSA) is 126 Å². The van der Waals surface area contributed by atoms with Crippen LogP contribution in [0.2, 0.25) is 0 Å². The van der Waals surface area contributed by atoms with Crippen molar-refractivity contribution in [1.29, 1.82) is 0 Å². The van der Waals surface area contributed by atoms with Crippen LogP contribution in [0.3, 0.4) is 0 Å². The molecule has 6 rings (SSSR count). The first-order chi connectivity index (χ1) is 16.4. The zero-order valence-electron chi connectivity index (χ0n) is 19.0. The molecule has 0 spiro atoms. The Kier molecular flexibility index (Phi) is 5.62. The number of pyridine rings is 1. The number of aromatic amines is 1. The Balaban J connectivity index is 1.22. The highest BCUT2D eigenvalue weighted by molar-refractivity contribution is 7.87. The van der Waals surface area contributed by atoms with E-state index in [9.17, 15) is 8.42 Å². The molecule has 3 aromatic rings. The maximum absolute atomic E-state index is 12.5. The predicted molar refractivity (Wildman–Crippen MR) is 132 cm³/mol. The molecule has 3 aromatic heterocycles. The molecule has 1 unspecified atom stereocenters. The van der Waals surface area contributed by atoms with Crippen LogP contribution in [0.4, 0.5) is 5.69 Å². The fourth-order valence-corrected chi connectivity index (χ4v) is 8.14. The first-order valence-corrected chi connectivity index (χ1v) is 13.9. The van der Waals surface area contributed by atoms with Gasteiger partial charge in [-0.05, 0) is 37.8 Å². The number of aliphatic hydroxyl groups is 1. The molecule has 3 aliphatic rings. The third kappa shape index (κ3) is 3.91. The van der Waals surface area contributed by atoms with Gasteiger partial charge in [0.25, 0.3) is 10.2 Å². The largest absolute Gasteiger partial charge is 0.395 e. The van der Waals surface area contributed by atoms with Crippen molar-refractivity contribution >= 4 is 38.3 Å². The molecule has 2 aliphatic heterocycles. The molecule has 1 saturated carbocycles. The predicted octanol–water partition coefficient (Wildman–Crippen LogP) is 1.58. The molecule has 0 amide bonds. The zero-order chi connectivity index (χ0) is 23.4. The first kappa shape index (κ1) is 22.4. The fraction of sp³-hybridized carbons (Fsp3) is 0.545. The summed E-state index contributed by atoms with van der Waals surface area (Å²) in [6, 6.07) is 2.32. The minimum atomic E-state index is -3.53. The summed E-state index contributed by atoms with van der Waals surface area (Å²) in [5.74, 6) is 0.656. The normalized spacial score (nSPS) is 25.3. The highest BCUT2D eigenvalue weighted by Crippen LogP contribution is 2.43. The molecule has 4 N–H and O–H groups in total. The van der Waals surface area contributed by atoms with Gasteiger partial charge in [0.2, 0.25) is 0 Å². The van der Waals surface area contributed by atoms with Gasteiger partial charge >= 0.3 is 0 Å². The van der Waals surface area contributed by atoms with Crippen LogP contribution in [0.1, 0.15) is 23.4 Å². The average molecular weight is 504 g/mol. The van der Waals surface area contributed by atoms with Crippen LogP contribution in [0, 0.1) is 11.8 Å². The van der Waals surface area contributed by atoms with E-state index in [1.165, 1.54) is 9.18 Å². The van der Waals surface area contributed by atoms with E-state index in [0.717, 1.165) is 58.9 Å². The molecule has 0 aromatic carbocycles. The molecule has 10 nitrogen and oxygen atoms in total. The van der Waals surface area contributed by atoms with Gasteiger partial charge in [-0.1, -0.05) is 0 Å². The summed E-state index contributed by atoms with van der Waals surface area (Å²) in [5.41, 5.74) is 4.10. The lowest BCUT2D eigenvalue weighted by atomic mass is 10.0. The Morgan fingerprint density at radius 2 is 2.06 bits per heavy atom. The second kappa shape index (κ2) is 8.54. The number of anilines is 1. The van der Waals surface area contributed by atoms with Crippen LogP contribution in [0.15, 0.2) is 18.5 Å². The molecule has 5 heterocycles. The highest BCUT2D eigenvalue weighted by Gasteiger charge is 2.44. The number of thiazole rings is 1. The highest BCUT2D eigenvalue weighted by atomic mass is 32.2. The van der Waals surface area contributed by atoms with Crippen LogP contribution < -0.4 is 10.0 Å². The number of aliphatic hydroxyl groups excluding tert-OH is 1. The van der Waals surface area contributed by atoms with E-state index in [1.54, 1.807) is 11.3 Å². The summed E-state index contributed by atoms with van der Waals surface area (Å²) in [5, 5.41) is 14.8. The molecule has 34 heavy (non-hydrogen) atoms. The fourth-order valence-electron chi connectivity index (χ4n) is 5.67. The van der Waals surface area contributed by atoms with E-state index < -0.39 is 10.2 Å². The van der Waals surface area contributed by atoms with Crippen molar-refractivity contribution in [3.63, 3.8) is 0 Å². The number of H-pyrrole nitrogens is 1. The second-order valence-electron chi connectivity index (χ2n) is 9.62. The summed E-state index contributed by atoms with van der Waals surface area (Å²) >= 11 is 1.75. The van der Waals surface area contributed by atoms with Crippen molar-refractivity contribution in [1.82, 2.24) is 28.9 Å². The van der Waals surface area contributed by atoms with Crippen LogP contribution in [-0.2, 0) is 23.3 Å². The van der Waals surface area contributed by atoms with Crippen molar-refractivity contribution in [3.05, 3.63) is 29.0 Å². The lowest BCUT2D eigenvalue weighted by Gasteiger charge is -2.21. The maximum atomic E-state index is 12.5. The summed E-state index contributed by atoms with van der Waals surface area (Å²) in [7, 11) is -1.42. The summed E-state index contributed by atoms with van der Waals surface area (Å²) < 4.78 is 28.9. The van der Waals surface area contributed by atoms with Crippen LogP contribution in [-0.4, -0.2) is 77.0 Å². The first-order valence-electron chi connectivity index (χ1n) is 11.7. The van der Waals surface area contributed by atoms with Gasteiger partial charge in [-0.3, -0.25) is 4.90 Å². The zero-order valence-corrected chi connectivity index (χ0v) is 20.6. The Labute approximate surface area is 202 Å². The van der Waals surface area contributed by atoms with Gasteiger partial charge < -0.3 is 15.4 Å². The smallest absolute Gasteiger partial charge is 0.279 e. The van der Waals surface area contributed by atoms with Crippen LogP contribution >= 0.6 is 11.3 Å². The molecule has 2 fully saturated rings. The minimum absolute atomic E-state index is 0.0479. The van der Waals surface area contributed by atoms with Crippen molar-refractivity contribution in [3.8, 4) is 10.6 Å². The Bertz CT molecular complexity index is 1280. The van der Waals surface area contributed by atoms with Gasteiger partial charge in [0.1, 0.15) is 10.7 Å². The molecule has 12 heteroatoms.